The van der Waals surface area contributed by atoms with Crippen molar-refractivity contribution in [2.75, 3.05) is 43.4 Å². The lowest BCUT2D eigenvalue weighted by molar-refractivity contribution is -0.290. The Kier molecular flexibility index (Phi) is 7.40. The van der Waals surface area contributed by atoms with Crippen LogP contribution in [0.15, 0.2) is 6.07 Å². The Bertz CT molecular complexity index is 1480. The summed E-state index contributed by atoms with van der Waals surface area (Å²) >= 11 is 0. The monoisotopic (exact) mass is 644 g/mol. The van der Waals surface area contributed by atoms with Gasteiger partial charge in [0.25, 0.3) is 0 Å². The van der Waals surface area contributed by atoms with E-state index in [1.807, 2.05) is 0 Å². The van der Waals surface area contributed by atoms with Gasteiger partial charge in [-0.3, -0.25) is 4.90 Å². The van der Waals surface area contributed by atoms with Crippen LogP contribution in [0.1, 0.15) is 66.2 Å². The quantitative estimate of drug-likeness (QED) is 0.341. The summed E-state index contributed by atoms with van der Waals surface area (Å²) in [5.41, 5.74) is 2.55. The summed E-state index contributed by atoms with van der Waals surface area (Å²) in [6, 6.07) is 1.23. The van der Waals surface area contributed by atoms with E-state index < -0.39 is 58.1 Å². The molecule has 8 nitrogen and oxygen atoms in total. The number of piperazine rings is 1. The van der Waals surface area contributed by atoms with Crippen LogP contribution >= 0.6 is 0 Å². The topological polar surface area (TPSA) is 88.8 Å². The number of hydrogen-bond acceptors (Lipinski definition) is 8. The van der Waals surface area contributed by atoms with Gasteiger partial charge in [-0.2, -0.15) is 31.9 Å². The predicted octanol–water partition coefficient (Wildman–Crippen LogP) is 4.87. The summed E-state index contributed by atoms with van der Waals surface area (Å²) in [6.45, 7) is 3.29. The molecule has 1 aromatic carbocycles. The highest BCUT2D eigenvalue weighted by atomic mass is 19.4. The molecule has 5 aliphatic rings. The van der Waals surface area contributed by atoms with Gasteiger partial charge >= 0.3 is 18.1 Å². The van der Waals surface area contributed by atoms with Crippen molar-refractivity contribution >= 4 is 11.5 Å². The maximum Gasteiger partial charge on any atom is 0.458 e. The first-order valence-electron chi connectivity index (χ1n) is 15.3. The van der Waals surface area contributed by atoms with E-state index in [-0.39, 0.29) is 37.7 Å². The first kappa shape index (κ1) is 30.7. The van der Waals surface area contributed by atoms with E-state index in [0.717, 1.165) is 45.2 Å². The van der Waals surface area contributed by atoms with Gasteiger partial charge in [0.2, 0.25) is 0 Å². The summed E-state index contributed by atoms with van der Waals surface area (Å²) in [5.74, 6) is -6.23. The molecule has 2 aromatic rings. The molecule has 3 N–H and O–H groups in total. The van der Waals surface area contributed by atoms with Crippen molar-refractivity contribution in [3.8, 4) is 6.01 Å². The van der Waals surface area contributed by atoms with E-state index in [4.69, 9.17) is 20.2 Å². The Morgan fingerprint density at radius 1 is 1.13 bits per heavy atom. The molecule has 0 saturated carbocycles. The SMILES string of the molecule is Cc1cc(N)c(F)c([C@@H]2Cc3nc(OC[C@@]45CCCN4C[C@H](F)C5)nc(N4CC5CCC(C4)N5)c3CO2)c1C(F)(F)C(F)(F)F. The van der Waals surface area contributed by atoms with Crippen LogP contribution in [0, 0.1) is 12.7 Å². The van der Waals surface area contributed by atoms with Gasteiger partial charge in [0.05, 0.1) is 29.6 Å². The lowest BCUT2D eigenvalue weighted by atomic mass is 9.88. The molecule has 5 atom stereocenters. The zero-order valence-electron chi connectivity index (χ0n) is 24.7. The van der Waals surface area contributed by atoms with Gasteiger partial charge in [0.1, 0.15) is 18.6 Å². The third-order valence-corrected chi connectivity index (χ3v) is 10.1. The standard InChI is InChI=1S/C30H35F7N6O2/c1-15-7-20(38)25(32)23(24(15)29(33,34)30(35,36)37)22-8-21-19(13-44-22)26(42-11-17-3-4-18(12-42)39-17)41-27(40-21)45-14-28-5-2-6-43(28)10-16(31)9-28/h7,16-18,22,39H,2-6,8-14,38H2,1H3/t16-,17?,18?,22+,28+/m1/s1. The first-order valence-corrected chi connectivity index (χ1v) is 15.3. The molecule has 1 aromatic heterocycles. The number of aryl methyl sites for hydroxylation is 1. The van der Waals surface area contributed by atoms with E-state index >= 15 is 4.39 Å². The van der Waals surface area contributed by atoms with Crippen molar-refractivity contribution in [1.29, 1.82) is 0 Å². The smallest absolute Gasteiger partial charge is 0.458 e. The number of rotatable bonds is 6. The van der Waals surface area contributed by atoms with Gasteiger partial charge < -0.3 is 25.4 Å². The predicted molar refractivity (Wildman–Crippen MR) is 149 cm³/mol. The first-order chi connectivity index (χ1) is 21.3. The van der Waals surface area contributed by atoms with Crippen LogP contribution in [0.5, 0.6) is 6.01 Å². The van der Waals surface area contributed by atoms with Crippen LogP contribution in [-0.2, 0) is 23.7 Å². The second-order valence-electron chi connectivity index (χ2n) is 13.1. The molecule has 2 unspecified atom stereocenters. The lowest BCUT2D eigenvalue weighted by Crippen LogP contribution is -2.52. The van der Waals surface area contributed by atoms with Gasteiger partial charge in [-0.05, 0) is 50.8 Å². The van der Waals surface area contributed by atoms with Crippen molar-refractivity contribution in [1.82, 2.24) is 20.2 Å². The molecule has 0 spiro atoms. The highest BCUT2D eigenvalue weighted by Gasteiger charge is 2.61. The number of nitrogens with zero attached hydrogens (tertiary/aromatic N) is 4. The van der Waals surface area contributed by atoms with E-state index in [0.29, 0.717) is 43.1 Å². The van der Waals surface area contributed by atoms with Crippen LogP contribution in [0.4, 0.5) is 42.2 Å². The second-order valence-corrected chi connectivity index (χ2v) is 13.1. The third kappa shape index (κ3) is 5.18. The Balaban J connectivity index is 1.27. The fourth-order valence-electron chi connectivity index (χ4n) is 8.07. The zero-order chi connectivity index (χ0) is 31.9. The van der Waals surface area contributed by atoms with Gasteiger partial charge in [-0.25, -0.2) is 8.78 Å². The minimum absolute atomic E-state index is 0.0103. The van der Waals surface area contributed by atoms with Gasteiger partial charge in [-0.1, -0.05) is 0 Å². The number of hydrogen-bond donors (Lipinski definition) is 2. The normalized spacial score (nSPS) is 30.1. The highest BCUT2D eigenvalue weighted by Crippen LogP contribution is 2.50. The number of nitrogens with two attached hydrogens (primary N) is 1. The molecule has 6 heterocycles. The van der Waals surface area contributed by atoms with Crippen molar-refractivity contribution in [2.45, 2.75) is 94.1 Å². The molecule has 5 aliphatic heterocycles. The van der Waals surface area contributed by atoms with Crippen LogP contribution in [-0.4, -0.2) is 77.6 Å². The van der Waals surface area contributed by atoms with Crippen LogP contribution in [0.2, 0.25) is 0 Å². The highest BCUT2D eigenvalue weighted by molar-refractivity contribution is 5.56. The third-order valence-electron chi connectivity index (χ3n) is 10.1. The molecule has 45 heavy (non-hydrogen) atoms. The number of ether oxygens (including phenoxy) is 2. The molecule has 7 rings (SSSR count). The molecule has 4 saturated heterocycles. The molecule has 4 fully saturated rings. The van der Waals surface area contributed by atoms with Gasteiger partial charge in [-0.15, -0.1) is 0 Å². The summed E-state index contributed by atoms with van der Waals surface area (Å²) < 4.78 is 113. The fourth-order valence-corrected chi connectivity index (χ4v) is 8.07. The molecular formula is C30H35F7N6O2. The number of halogens is 7. The number of anilines is 2. The van der Waals surface area contributed by atoms with Crippen LogP contribution < -0.4 is 20.7 Å². The Morgan fingerprint density at radius 3 is 2.58 bits per heavy atom. The molecule has 0 radical (unpaired) electrons. The summed E-state index contributed by atoms with van der Waals surface area (Å²) in [6.07, 6.45) is -4.83. The van der Waals surface area contributed by atoms with E-state index in [2.05, 4.69) is 20.1 Å². The van der Waals surface area contributed by atoms with Crippen molar-refractivity contribution < 1.29 is 40.2 Å². The molecule has 15 heteroatoms. The minimum atomic E-state index is -5.98. The average Bonchev–Trinajstić information content (AvgIpc) is 3.62. The molecule has 0 aliphatic carbocycles. The Labute approximate surface area is 255 Å². The summed E-state index contributed by atoms with van der Waals surface area (Å²) in [7, 11) is 0. The Morgan fingerprint density at radius 2 is 1.87 bits per heavy atom. The number of benzene rings is 1. The number of fused-ring (bicyclic) bond motifs is 4. The van der Waals surface area contributed by atoms with E-state index in [1.54, 1.807) is 0 Å². The van der Waals surface area contributed by atoms with Crippen molar-refractivity contribution in [3.05, 3.63) is 39.8 Å². The number of aromatic nitrogens is 2. The fraction of sp³-hybridized carbons (Fsp3) is 0.667. The maximum absolute atomic E-state index is 15.5. The molecule has 2 bridgehead atoms. The number of nitrogen functional groups attached to an aromatic ring is 1. The van der Waals surface area contributed by atoms with E-state index in [9.17, 15) is 26.3 Å². The minimum Gasteiger partial charge on any atom is -0.461 e. The zero-order valence-corrected chi connectivity index (χ0v) is 24.7. The Hall–Kier alpha value is -2.91. The number of alkyl halides is 6. The molecular weight excluding hydrogens is 609 g/mol. The molecule has 0 amide bonds. The van der Waals surface area contributed by atoms with Gasteiger partial charge in [0.15, 0.2) is 5.82 Å². The largest absolute Gasteiger partial charge is 0.461 e. The van der Waals surface area contributed by atoms with Crippen LogP contribution in [0.3, 0.4) is 0 Å². The van der Waals surface area contributed by atoms with Gasteiger partial charge in [0, 0.05) is 61.2 Å². The van der Waals surface area contributed by atoms with E-state index in [1.165, 1.54) is 0 Å². The summed E-state index contributed by atoms with van der Waals surface area (Å²) in [5, 5.41) is 3.55. The average molecular weight is 645 g/mol. The maximum atomic E-state index is 15.5. The molecule has 246 valence electrons. The second kappa shape index (κ2) is 10.8. The van der Waals surface area contributed by atoms with Crippen molar-refractivity contribution in [3.63, 3.8) is 0 Å². The lowest BCUT2D eigenvalue weighted by Gasteiger charge is -2.37. The van der Waals surface area contributed by atoms with Crippen LogP contribution in [0.25, 0.3) is 0 Å². The number of nitrogens with one attached hydrogen (secondary N) is 1. The van der Waals surface area contributed by atoms with Crippen molar-refractivity contribution in [2.24, 2.45) is 0 Å². The summed E-state index contributed by atoms with van der Waals surface area (Å²) in [4.78, 5) is 13.5.